The Bertz CT molecular complexity index is 305. The average molecular weight is 237 g/mol. The van der Waals surface area contributed by atoms with Crippen molar-refractivity contribution in [1.29, 1.82) is 0 Å². The molecule has 0 spiro atoms. The van der Waals surface area contributed by atoms with Gasteiger partial charge in [0.05, 0.1) is 12.1 Å². The van der Waals surface area contributed by atoms with Crippen molar-refractivity contribution in [2.75, 3.05) is 6.61 Å². The minimum Gasteiger partial charge on any atom is -0.394 e. The molecule has 96 valence electrons. The standard InChI is InChI=1S/C14H23NO2/c1-11-5-4-8-14(9-11,10-16)15-13(17)12-6-2-3-7-12/h2-3,11-12,16H,4-10H2,1H3,(H,15,17). The van der Waals surface area contributed by atoms with Gasteiger partial charge in [-0.1, -0.05) is 31.9 Å². The molecule has 3 heteroatoms. The lowest BCUT2D eigenvalue weighted by Gasteiger charge is -2.40. The van der Waals surface area contributed by atoms with E-state index in [9.17, 15) is 9.90 Å². The van der Waals surface area contributed by atoms with Gasteiger partial charge in [0.15, 0.2) is 0 Å². The molecule has 2 atom stereocenters. The molecule has 0 aromatic rings. The average Bonchev–Trinajstić information content (AvgIpc) is 2.82. The fraction of sp³-hybridized carbons (Fsp3) is 0.786. The third-order valence-corrected chi connectivity index (χ3v) is 4.16. The molecular formula is C14H23NO2. The van der Waals surface area contributed by atoms with Crippen LogP contribution in [-0.2, 0) is 4.79 Å². The fourth-order valence-corrected chi connectivity index (χ4v) is 3.15. The zero-order valence-corrected chi connectivity index (χ0v) is 10.6. The number of hydrogen-bond donors (Lipinski definition) is 2. The van der Waals surface area contributed by atoms with Crippen LogP contribution >= 0.6 is 0 Å². The van der Waals surface area contributed by atoms with E-state index >= 15 is 0 Å². The summed E-state index contributed by atoms with van der Waals surface area (Å²) in [5.74, 6) is 0.812. The summed E-state index contributed by atoms with van der Waals surface area (Å²) < 4.78 is 0. The molecule has 1 amide bonds. The molecule has 2 N–H and O–H groups in total. The van der Waals surface area contributed by atoms with Gasteiger partial charge < -0.3 is 10.4 Å². The van der Waals surface area contributed by atoms with Gasteiger partial charge in [0.25, 0.3) is 0 Å². The first kappa shape index (κ1) is 12.6. The number of aliphatic hydroxyl groups is 1. The summed E-state index contributed by atoms with van der Waals surface area (Å²) in [5.41, 5.74) is -0.350. The molecule has 3 nitrogen and oxygen atoms in total. The molecule has 0 bridgehead atoms. The van der Waals surface area contributed by atoms with Crippen molar-refractivity contribution in [3.05, 3.63) is 12.2 Å². The molecule has 1 fully saturated rings. The number of nitrogens with one attached hydrogen (secondary N) is 1. The highest BCUT2D eigenvalue weighted by Crippen LogP contribution is 2.32. The molecule has 0 heterocycles. The summed E-state index contributed by atoms with van der Waals surface area (Å²) in [6, 6.07) is 0. The summed E-state index contributed by atoms with van der Waals surface area (Å²) in [6.45, 7) is 2.27. The molecular weight excluding hydrogens is 214 g/mol. The number of allylic oxidation sites excluding steroid dienone is 2. The minimum atomic E-state index is -0.350. The number of carbonyl (C=O) groups is 1. The SMILES string of the molecule is CC1CCCC(CO)(NC(=O)C2CC=CC2)C1. The minimum absolute atomic E-state index is 0.0726. The third-order valence-electron chi connectivity index (χ3n) is 4.16. The molecule has 17 heavy (non-hydrogen) atoms. The van der Waals surface area contributed by atoms with Gasteiger partial charge >= 0.3 is 0 Å². The van der Waals surface area contributed by atoms with Gasteiger partial charge in [0, 0.05) is 5.92 Å². The molecule has 1 saturated carbocycles. The van der Waals surface area contributed by atoms with Crippen LogP contribution in [0.3, 0.4) is 0 Å². The fourth-order valence-electron chi connectivity index (χ4n) is 3.15. The van der Waals surface area contributed by atoms with Crippen LogP contribution in [0.2, 0.25) is 0 Å². The van der Waals surface area contributed by atoms with E-state index in [-0.39, 0.29) is 24.0 Å². The molecule has 0 aromatic heterocycles. The topological polar surface area (TPSA) is 49.3 Å². The summed E-state index contributed by atoms with van der Waals surface area (Å²) in [7, 11) is 0. The number of carbonyl (C=O) groups excluding carboxylic acids is 1. The van der Waals surface area contributed by atoms with Gasteiger partial charge in [-0.2, -0.15) is 0 Å². The van der Waals surface area contributed by atoms with Gasteiger partial charge in [-0.25, -0.2) is 0 Å². The highest BCUT2D eigenvalue weighted by molar-refractivity contribution is 5.80. The summed E-state index contributed by atoms with van der Waals surface area (Å²) in [5, 5.41) is 12.7. The van der Waals surface area contributed by atoms with E-state index in [2.05, 4.69) is 24.4 Å². The first-order valence-corrected chi connectivity index (χ1v) is 6.73. The predicted octanol–water partition coefficient (Wildman–Crippen LogP) is 2.01. The Balaban J connectivity index is 1.96. The zero-order chi connectivity index (χ0) is 12.3. The van der Waals surface area contributed by atoms with Crippen molar-refractivity contribution in [1.82, 2.24) is 5.32 Å². The lowest BCUT2D eigenvalue weighted by molar-refractivity contribution is -0.128. The van der Waals surface area contributed by atoms with Gasteiger partial charge in [-0.3, -0.25) is 4.79 Å². The summed E-state index contributed by atoms with van der Waals surface area (Å²) in [4.78, 5) is 12.1. The molecule has 2 rings (SSSR count). The summed E-state index contributed by atoms with van der Waals surface area (Å²) in [6.07, 6.45) is 9.98. The van der Waals surface area contributed by atoms with E-state index in [1.165, 1.54) is 6.42 Å². The first-order valence-electron chi connectivity index (χ1n) is 6.73. The molecule has 0 radical (unpaired) electrons. The van der Waals surface area contributed by atoms with E-state index in [4.69, 9.17) is 0 Å². The Hall–Kier alpha value is -0.830. The lowest BCUT2D eigenvalue weighted by Crippen LogP contribution is -2.55. The number of aliphatic hydroxyl groups excluding tert-OH is 1. The maximum Gasteiger partial charge on any atom is 0.224 e. The number of amides is 1. The zero-order valence-electron chi connectivity index (χ0n) is 10.6. The lowest BCUT2D eigenvalue weighted by atomic mass is 9.76. The molecule has 2 unspecified atom stereocenters. The smallest absolute Gasteiger partial charge is 0.224 e. The van der Waals surface area contributed by atoms with Crippen molar-refractivity contribution in [3.63, 3.8) is 0 Å². The van der Waals surface area contributed by atoms with E-state index in [0.717, 1.165) is 32.1 Å². The van der Waals surface area contributed by atoms with Crippen LogP contribution in [0.1, 0.15) is 45.4 Å². The van der Waals surface area contributed by atoms with Crippen LogP contribution in [0.25, 0.3) is 0 Å². The van der Waals surface area contributed by atoms with Crippen LogP contribution in [0, 0.1) is 11.8 Å². The quantitative estimate of drug-likeness (QED) is 0.738. The Morgan fingerprint density at radius 2 is 2.18 bits per heavy atom. The van der Waals surface area contributed by atoms with Gasteiger partial charge in [0.1, 0.15) is 0 Å². The second-order valence-electron chi connectivity index (χ2n) is 5.77. The van der Waals surface area contributed by atoms with Crippen LogP contribution < -0.4 is 5.32 Å². The van der Waals surface area contributed by atoms with Crippen LogP contribution in [-0.4, -0.2) is 23.2 Å². The maximum absolute atomic E-state index is 12.1. The molecule has 0 saturated heterocycles. The van der Waals surface area contributed by atoms with Crippen LogP contribution in [0.4, 0.5) is 0 Å². The number of rotatable bonds is 3. The second kappa shape index (κ2) is 5.21. The molecule has 2 aliphatic carbocycles. The highest BCUT2D eigenvalue weighted by Gasteiger charge is 2.37. The largest absolute Gasteiger partial charge is 0.394 e. The van der Waals surface area contributed by atoms with Gasteiger partial charge in [0.2, 0.25) is 5.91 Å². The Kier molecular flexibility index (Phi) is 3.87. The third kappa shape index (κ3) is 2.89. The monoisotopic (exact) mass is 237 g/mol. The maximum atomic E-state index is 12.1. The molecule has 0 aliphatic heterocycles. The Labute approximate surface area is 103 Å². The number of hydrogen-bond acceptors (Lipinski definition) is 2. The Morgan fingerprint density at radius 1 is 1.47 bits per heavy atom. The Morgan fingerprint density at radius 3 is 2.76 bits per heavy atom. The summed E-state index contributed by atoms with van der Waals surface area (Å²) >= 11 is 0. The van der Waals surface area contributed by atoms with Crippen molar-refractivity contribution in [3.8, 4) is 0 Å². The van der Waals surface area contributed by atoms with E-state index in [0.29, 0.717) is 5.92 Å². The predicted molar refractivity (Wildman–Crippen MR) is 67.5 cm³/mol. The molecule has 0 aromatic carbocycles. The molecule has 2 aliphatic rings. The van der Waals surface area contributed by atoms with E-state index in [1.54, 1.807) is 0 Å². The second-order valence-corrected chi connectivity index (χ2v) is 5.77. The van der Waals surface area contributed by atoms with Crippen molar-refractivity contribution < 1.29 is 9.90 Å². The van der Waals surface area contributed by atoms with Gasteiger partial charge in [-0.15, -0.1) is 0 Å². The van der Waals surface area contributed by atoms with E-state index < -0.39 is 0 Å². The van der Waals surface area contributed by atoms with Crippen molar-refractivity contribution in [2.24, 2.45) is 11.8 Å². The van der Waals surface area contributed by atoms with Crippen LogP contribution in [0.5, 0.6) is 0 Å². The highest BCUT2D eigenvalue weighted by atomic mass is 16.3. The van der Waals surface area contributed by atoms with Crippen molar-refractivity contribution >= 4 is 5.91 Å². The normalized spacial score (nSPS) is 33.9. The first-order chi connectivity index (χ1) is 8.15. The van der Waals surface area contributed by atoms with Gasteiger partial charge in [-0.05, 0) is 31.6 Å². The van der Waals surface area contributed by atoms with Crippen molar-refractivity contribution in [2.45, 2.75) is 51.0 Å². The van der Waals surface area contributed by atoms with E-state index in [1.807, 2.05) is 0 Å². The van der Waals surface area contributed by atoms with Crippen LogP contribution in [0.15, 0.2) is 12.2 Å².